The molecule has 0 rings (SSSR count). The lowest BCUT2D eigenvalue weighted by atomic mass is 10.4. The molecule has 0 saturated carbocycles. The predicted octanol–water partition coefficient (Wildman–Crippen LogP) is 2.34. The molecule has 0 aromatic rings. The molecule has 0 bridgehead atoms. The quantitative estimate of drug-likeness (QED) is 0.401. The SMILES string of the molecule is C/C=C\C=C/C=NCl. The molecule has 0 aliphatic heterocycles. The topological polar surface area (TPSA) is 12.4 Å². The Morgan fingerprint density at radius 2 is 2.00 bits per heavy atom. The van der Waals surface area contributed by atoms with Crippen molar-refractivity contribution in [2.45, 2.75) is 6.92 Å². The summed E-state index contributed by atoms with van der Waals surface area (Å²) in [5.74, 6) is 0. The summed E-state index contributed by atoms with van der Waals surface area (Å²) < 4.78 is 3.23. The van der Waals surface area contributed by atoms with Gasteiger partial charge in [-0.15, -0.1) is 0 Å². The Kier molecular flexibility index (Phi) is 5.99. The molecular formula is C6H8ClN. The Balaban J connectivity index is 3.35. The van der Waals surface area contributed by atoms with E-state index in [4.69, 9.17) is 11.8 Å². The molecule has 0 spiro atoms. The summed E-state index contributed by atoms with van der Waals surface area (Å²) in [5.41, 5.74) is 0. The molecular weight excluding hydrogens is 122 g/mol. The highest BCUT2D eigenvalue weighted by Gasteiger charge is 1.57. The van der Waals surface area contributed by atoms with Crippen molar-refractivity contribution in [2.24, 2.45) is 4.51 Å². The zero-order valence-electron chi connectivity index (χ0n) is 4.71. The van der Waals surface area contributed by atoms with Crippen LogP contribution in [-0.2, 0) is 0 Å². The number of nitrogens with zero attached hydrogens (tertiary/aromatic N) is 1. The number of rotatable bonds is 2. The maximum absolute atomic E-state index is 4.97. The summed E-state index contributed by atoms with van der Waals surface area (Å²) in [6.45, 7) is 1.95. The van der Waals surface area contributed by atoms with Crippen LogP contribution < -0.4 is 0 Å². The molecule has 0 unspecified atom stereocenters. The van der Waals surface area contributed by atoms with E-state index >= 15 is 0 Å². The minimum atomic E-state index is 1.52. The van der Waals surface area contributed by atoms with Crippen molar-refractivity contribution >= 4 is 18.0 Å². The van der Waals surface area contributed by atoms with Crippen LogP contribution in [0.15, 0.2) is 28.8 Å². The second-order valence-corrected chi connectivity index (χ2v) is 1.35. The highest BCUT2D eigenvalue weighted by molar-refractivity contribution is 6.18. The number of hydrogen-bond donors (Lipinski definition) is 0. The Morgan fingerprint density at radius 1 is 1.25 bits per heavy atom. The molecule has 0 aliphatic rings. The van der Waals surface area contributed by atoms with Gasteiger partial charge in [0.15, 0.2) is 0 Å². The van der Waals surface area contributed by atoms with Crippen molar-refractivity contribution in [1.29, 1.82) is 0 Å². The van der Waals surface area contributed by atoms with E-state index in [0.717, 1.165) is 0 Å². The largest absolute Gasteiger partial charge is 0.186 e. The fraction of sp³-hybridized carbons (Fsp3) is 0.167. The summed E-state index contributed by atoms with van der Waals surface area (Å²) in [6.07, 6.45) is 8.96. The third-order valence-corrected chi connectivity index (χ3v) is 0.670. The highest BCUT2D eigenvalue weighted by Crippen LogP contribution is 1.75. The van der Waals surface area contributed by atoms with Gasteiger partial charge in [0.1, 0.15) is 0 Å². The first-order chi connectivity index (χ1) is 3.91. The number of hydrogen-bond acceptors (Lipinski definition) is 1. The van der Waals surface area contributed by atoms with E-state index in [9.17, 15) is 0 Å². The van der Waals surface area contributed by atoms with Crippen LogP contribution in [0.25, 0.3) is 0 Å². The van der Waals surface area contributed by atoms with Crippen LogP contribution in [0.4, 0.5) is 0 Å². The fourth-order valence-corrected chi connectivity index (χ4v) is 0.323. The van der Waals surface area contributed by atoms with Crippen molar-refractivity contribution in [3.8, 4) is 0 Å². The van der Waals surface area contributed by atoms with Gasteiger partial charge >= 0.3 is 0 Å². The Bertz CT molecular complexity index is 99.7. The number of allylic oxidation sites excluding steroid dienone is 4. The van der Waals surface area contributed by atoms with Crippen LogP contribution in [0.3, 0.4) is 0 Å². The molecule has 0 amide bonds. The Morgan fingerprint density at radius 3 is 2.50 bits per heavy atom. The lowest BCUT2D eigenvalue weighted by Gasteiger charge is -1.66. The highest BCUT2D eigenvalue weighted by atomic mass is 35.5. The van der Waals surface area contributed by atoms with Crippen LogP contribution in [0, 0.1) is 0 Å². The first kappa shape index (κ1) is 7.44. The average molecular weight is 130 g/mol. The molecule has 44 valence electrons. The monoisotopic (exact) mass is 129 g/mol. The van der Waals surface area contributed by atoms with Gasteiger partial charge in [0.05, 0.1) is 0 Å². The minimum Gasteiger partial charge on any atom is -0.186 e. The molecule has 0 fully saturated rings. The standard InChI is InChI=1S/C6H8ClN/c1-2-3-4-5-6-8-7/h2-6H,1H3/b3-2-,5-4-,8-6?. The lowest BCUT2D eigenvalue weighted by molar-refractivity contribution is 1.74. The molecule has 0 N–H and O–H groups in total. The van der Waals surface area contributed by atoms with Crippen LogP contribution in [0.2, 0.25) is 0 Å². The van der Waals surface area contributed by atoms with Gasteiger partial charge in [0.25, 0.3) is 0 Å². The van der Waals surface area contributed by atoms with Gasteiger partial charge in [0.2, 0.25) is 0 Å². The molecule has 1 nitrogen and oxygen atoms in total. The second kappa shape index (κ2) is 6.44. The van der Waals surface area contributed by atoms with E-state index in [1.54, 1.807) is 6.08 Å². The van der Waals surface area contributed by atoms with Gasteiger partial charge in [-0.25, -0.2) is 0 Å². The van der Waals surface area contributed by atoms with Crippen molar-refractivity contribution in [3.63, 3.8) is 0 Å². The molecule has 0 aromatic carbocycles. The summed E-state index contributed by atoms with van der Waals surface area (Å²) in [4.78, 5) is 0. The van der Waals surface area contributed by atoms with Crippen LogP contribution in [0.1, 0.15) is 6.92 Å². The molecule has 0 saturated heterocycles. The van der Waals surface area contributed by atoms with Gasteiger partial charge < -0.3 is 0 Å². The summed E-state index contributed by atoms with van der Waals surface area (Å²) in [5, 5.41) is 0. The molecule has 0 aromatic heterocycles. The summed E-state index contributed by atoms with van der Waals surface area (Å²) in [7, 11) is 0. The zero-order valence-corrected chi connectivity index (χ0v) is 5.47. The predicted molar refractivity (Wildman–Crippen MR) is 38.3 cm³/mol. The third-order valence-electron chi connectivity index (χ3n) is 0.557. The van der Waals surface area contributed by atoms with Gasteiger partial charge in [0, 0.05) is 18.0 Å². The normalized spacial score (nSPS) is 12.8. The fourth-order valence-electron chi connectivity index (χ4n) is 0.257. The first-order valence-corrected chi connectivity index (χ1v) is 2.68. The van der Waals surface area contributed by atoms with Crippen molar-refractivity contribution in [3.05, 3.63) is 24.3 Å². The van der Waals surface area contributed by atoms with Crippen LogP contribution in [0.5, 0.6) is 0 Å². The molecule has 8 heavy (non-hydrogen) atoms. The number of halogens is 1. The molecule has 2 heteroatoms. The second-order valence-electron chi connectivity index (χ2n) is 1.16. The average Bonchev–Trinajstić information content (AvgIpc) is 1.81. The van der Waals surface area contributed by atoms with E-state index in [2.05, 4.69) is 4.51 Å². The Hall–Kier alpha value is -0.560. The maximum Gasteiger partial charge on any atom is 0.0415 e. The smallest absolute Gasteiger partial charge is 0.0415 e. The molecule has 0 radical (unpaired) electrons. The first-order valence-electron chi connectivity index (χ1n) is 2.34. The summed E-state index contributed by atoms with van der Waals surface area (Å²) in [6, 6.07) is 0. The maximum atomic E-state index is 4.97. The van der Waals surface area contributed by atoms with E-state index in [0.29, 0.717) is 0 Å². The van der Waals surface area contributed by atoms with Crippen molar-refractivity contribution in [1.82, 2.24) is 0 Å². The zero-order chi connectivity index (χ0) is 6.24. The van der Waals surface area contributed by atoms with E-state index < -0.39 is 0 Å². The molecule has 0 aliphatic carbocycles. The van der Waals surface area contributed by atoms with Crippen LogP contribution >= 0.6 is 11.8 Å². The third kappa shape index (κ3) is 5.44. The van der Waals surface area contributed by atoms with Gasteiger partial charge in [-0.2, -0.15) is 4.51 Å². The molecule has 0 atom stereocenters. The Labute approximate surface area is 54.5 Å². The van der Waals surface area contributed by atoms with E-state index in [1.165, 1.54) is 6.21 Å². The lowest BCUT2D eigenvalue weighted by Crippen LogP contribution is -1.54. The van der Waals surface area contributed by atoms with Crippen molar-refractivity contribution in [2.75, 3.05) is 0 Å². The summed E-state index contributed by atoms with van der Waals surface area (Å²) >= 11 is 4.97. The van der Waals surface area contributed by atoms with E-state index in [1.807, 2.05) is 25.2 Å². The van der Waals surface area contributed by atoms with Gasteiger partial charge in [-0.05, 0) is 13.0 Å². The van der Waals surface area contributed by atoms with Gasteiger partial charge in [-0.1, -0.05) is 18.2 Å². The van der Waals surface area contributed by atoms with Gasteiger partial charge in [-0.3, -0.25) is 0 Å². The molecule has 0 heterocycles. The minimum absolute atomic E-state index is 1.52. The van der Waals surface area contributed by atoms with Crippen molar-refractivity contribution < 1.29 is 0 Å². The van der Waals surface area contributed by atoms with Crippen LogP contribution in [-0.4, -0.2) is 6.21 Å². The van der Waals surface area contributed by atoms with E-state index in [-0.39, 0.29) is 0 Å².